The van der Waals surface area contributed by atoms with Crippen LogP contribution in [0, 0.1) is 0 Å². The van der Waals surface area contributed by atoms with E-state index in [1.165, 1.54) is 0 Å². The number of benzene rings is 2. The number of ether oxygens (including phenoxy) is 2. The van der Waals surface area contributed by atoms with Gasteiger partial charge in [-0.05, 0) is 43.3 Å². The third-order valence-electron chi connectivity index (χ3n) is 3.27. The maximum atomic E-state index is 11.7. The smallest absolute Gasteiger partial charge is 0.319 e. The van der Waals surface area contributed by atoms with Gasteiger partial charge in [-0.3, -0.25) is 4.79 Å². The number of hydrogen-bond donors (Lipinski definition) is 3. The third-order valence-corrected chi connectivity index (χ3v) is 3.27. The minimum Gasteiger partial charge on any atom is -0.494 e. The van der Waals surface area contributed by atoms with Crippen molar-refractivity contribution in [3.05, 3.63) is 54.6 Å². The van der Waals surface area contributed by atoms with Gasteiger partial charge in [-0.25, -0.2) is 4.79 Å². The molecule has 3 amide bonds. The van der Waals surface area contributed by atoms with E-state index in [9.17, 15) is 9.59 Å². The molecular weight excluding hydrogens is 334 g/mol. The summed E-state index contributed by atoms with van der Waals surface area (Å²) in [7, 11) is 0. The van der Waals surface area contributed by atoms with Crippen molar-refractivity contribution in [3.8, 4) is 11.5 Å². The fourth-order valence-corrected chi connectivity index (χ4v) is 2.08. The molecule has 2 rings (SSSR count). The molecule has 0 saturated carbocycles. The Morgan fingerprint density at radius 2 is 1.54 bits per heavy atom. The van der Waals surface area contributed by atoms with Crippen LogP contribution in [0.5, 0.6) is 11.5 Å². The van der Waals surface area contributed by atoms with Gasteiger partial charge >= 0.3 is 6.03 Å². The van der Waals surface area contributed by atoms with Crippen molar-refractivity contribution in [2.75, 3.05) is 31.6 Å². The van der Waals surface area contributed by atoms with Crippen LogP contribution in [0.4, 0.5) is 10.5 Å². The molecule has 0 aliphatic carbocycles. The predicted octanol–water partition coefficient (Wildman–Crippen LogP) is 2.40. The first kappa shape index (κ1) is 19.1. The Morgan fingerprint density at radius 1 is 0.885 bits per heavy atom. The van der Waals surface area contributed by atoms with Crippen LogP contribution in [0.25, 0.3) is 0 Å². The van der Waals surface area contributed by atoms with Crippen molar-refractivity contribution < 1.29 is 19.1 Å². The number of hydrogen-bond acceptors (Lipinski definition) is 4. The monoisotopic (exact) mass is 357 g/mol. The normalized spacial score (nSPS) is 9.88. The molecular formula is C19H23N3O4. The van der Waals surface area contributed by atoms with Crippen molar-refractivity contribution in [1.82, 2.24) is 10.6 Å². The summed E-state index contributed by atoms with van der Waals surface area (Å²) in [6.07, 6.45) is 0. The lowest BCUT2D eigenvalue weighted by molar-refractivity contribution is -0.120. The van der Waals surface area contributed by atoms with E-state index in [1.807, 2.05) is 49.4 Å². The van der Waals surface area contributed by atoms with Gasteiger partial charge in [0.15, 0.2) is 0 Å². The molecule has 0 fully saturated rings. The van der Waals surface area contributed by atoms with Crippen molar-refractivity contribution in [1.29, 1.82) is 0 Å². The second-order valence-corrected chi connectivity index (χ2v) is 5.28. The van der Waals surface area contributed by atoms with Gasteiger partial charge < -0.3 is 25.4 Å². The van der Waals surface area contributed by atoms with Gasteiger partial charge in [0, 0.05) is 5.69 Å². The summed E-state index contributed by atoms with van der Waals surface area (Å²) in [6, 6.07) is 15.8. The van der Waals surface area contributed by atoms with E-state index in [4.69, 9.17) is 9.47 Å². The van der Waals surface area contributed by atoms with Gasteiger partial charge in [-0.15, -0.1) is 0 Å². The molecule has 0 spiro atoms. The van der Waals surface area contributed by atoms with Crippen LogP contribution in [-0.4, -0.2) is 38.2 Å². The number of carbonyl (C=O) groups excluding carboxylic acids is 2. The third kappa shape index (κ3) is 7.12. The molecule has 0 unspecified atom stereocenters. The first-order chi connectivity index (χ1) is 12.7. The summed E-state index contributed by atoms with van der Waals surface area (Å²) >= 11 is 0. The maximum absolute atomic E-state index is 11.7. The van der Waals surface area contributed by atoms with E-state index in [0.717, 1.165) is 5.75 Å². The highest BCUT2D eigenvalue weighted by atomic mass is 16.5. The fraction of sp³-hybridized carbons (Fsp3) is 0.263. The zero-order valence-electron chi connectivity index (χ0n) is 14.7. The quantitative estimate of drug-likeness (QED) is 0.601. The highest BCUT2D eigenvalue weighted by Gasteiger charge is 2.05. The number of rotatable bonds is 9. The Bertz CT molecular complexity index is 690. The van der Waals surface area contributed by atoms with Crippen LogP contribution in [0.1, 0.15) is 6.92 Å². The first-order valence-electron chi connectivity index (χ1n) is 8.39. The average molecular weight is 357 g/mol. The van der Waals surface area contributed by atoms with E-state index in [1.54, 1.807) is 12.1 Å². The Labute approximate surface area is 152 Å². The number of urea groups is 1. The van der Waals surface area contributed by atoms with Crippen molar-refractivity contribution in [3.63, 3.8) is 0 Å². The van der Waals surface area contributed by atoms with Crippen LogP contribution in [0.3, 0.4) is 0 Å². The van der Waals surface area contributed by atoms with E-state index in [0.29, 0.717) is 31.2 Å². The molecule has 0 saturated heterocycles. The van der Waals surface area contributed by atoms with Crippen LogP contribution >= 0.6 is 0 Å². The second kappa shape index (κ2) is 10.6. The molecule has 138 valence electrons. The fourth-order valence-electron chi connectivity index (χ4n) is 2.08. The van der Waals surface area contributed by atoms with E-state index in [2.05, 4.69) is 16.0 Å². The molecule has 0 heterocycles. The first-order valence-corrected chi connectivity index (χ1v) is 8.39. The molecule has 0 aliphatic rings. The van der Waals surface area contributed by atoms with Gasteiger partial charge in [0.05, 0.1) is 19.7 Å². The zero-order chi connectivity index (χ0) is 18.6. The number of nitrogens with one attached hydrogen (secondary N) is 3. The van der Waals surface area contributed by atoms with Crippen LogP contribution in [-0.2, 0) is 4.79 Å². The van der Waals surface area contributed by atoms with Crippen molar-refractivity contribution in [2.45, 2.75) is 6.92 Å². The van der Waals surface area contributed by atoms with Crippen LogP contribution in [0.2, 0.25) is 0 Å². The molecule has 0 atom stereocenters. The van der Waals surface area contributed by atoms with Gasteiger partial charge in [0.25, 0.3) is 0 Å². The number of para-hydroxylation sites is 1. The summed E-state index contributed by atoms with van der Waals surface area (Å²) in [5, 5.41) is 7.80. The molecule has 0 aromatic heterocycles. The Kier molecular flexibility index (Phi) is 7.79. The molecule has 0 radical (unpaired) electrons. The Hall–Kier alpha value is -3.22. The summed E-state index contributed by atoms with van der Waals surface area (Å²) in [6.45, 7) is 3.10. The highest BCUT2D eigenvalue weighted by molar-refractivity contribution is 5.92. The Morgan fingerprint density at radius 3 is 2.19 bits per heavy atom. The summed E-state index contributed by atoms with van der Waals surface area (Å²) in [4.78, 5) is 23.4. The zero-order valence-corrected chi connectivity index (χ0v) is 14.7. The van der Waals surface area contributed by atoms with E-state index in [-0.39, 0.29) is 12.5 Å². The molecule has 7 nitrogen and oxygen atoms in total. The highest BCUT2D eigenvalue weighted by Crippen LogP contribution is 2.17. The number of amides is 3. The molecule has 2 aromatic carbocycles. The van der Waals surface area contributed by atoms with Crippen molar-refractivity contribution in [2.24, 2.45) is 0 Å². The van der Waals surface area contributed by atoms with Gasteiger partial charge in [-0.1, -0.05) is 18.2 Å². The standard InChI is InChI=1S/C19H23N3O4/c1-2-25-16-8-10-17(11-9-16)26-13-12-20-18(23)14-21-19(24)22-15-6-4-3-5-7-15/h3-11H,2,12-14H2,1H3,(H,20,23)(H2,21,22,24). The van der Waals surface area contributed by atoms with Gasteiger partial charge in [0.1, 0.15) is 18.1 Å². The number of anilines is 1. The lowest BCUT2D eigenvalue weighted by Crippen LogP contribution is -2.40. The molecule has 2 aromatic rings. The SMILES string of the molecule is CCOc1ccc(OCCNC(=O)CNC(=O)Nc2ccccc2)cc1. The Balaban J connectivity index is 1.57. The topological polar surface area (TPSA) is 88.7 Å². The maximum Gasteiger partial charge on any atom is 0.319 e. The molecule has 0 bridgehead atoms. The lowest BCUT2D eigenvalue weighted by Gasteiger charge is -2.10. The summed E-state index contributed by atoms with van der Waals surface area (Å²) in [5.41, 5.74) is 0.661. The second-order valence-electron chi connectivity index (χ2n) is 5.28. The summed E-state index contributed by atoms with van der Waals surface area (Å²) < 4.78 is 10.9. The van der Waals surface area contributed by atoms with Crippen LogP contribution < -0.4 is 25.4 Å². The molecule has 3 N–H and O–H groups in total. The average Bonchev–Trinajstić information content (AvgIpc) is 2.66. The van der Waals surface area contributed by atoms with Gasteiger partial charge in [0.2, 0.25) is 5.91 Å². The van der Waals surface area contributed by atoms with E-state index < -0.39 is 6.03 Å². The summed E-state index contributed by atoms with van der Waals surface area (Å²) in [5.74, 6) is 1.19. The molecule has 7 heteroatoms. The molecule has 26 heavy (non-hydrogen) atoms. The molecule has 0 aliphatic heterocycles. The lowest BCUT2D eigenvalue weighted by atomic mass is 10.3. The minimum absolute atomic E-state index is 0.109. The van der Waals surface area contributed by atoms with E-state index >= 15 is 0 Å². The predicted molar refractivity (Wildman–Crippen MR) is 99.6 cm³/mol. The largest absolute Gasteiger partial charge is 0.494 e. The minimum atomic E-state index is -0.433. The van der Waals surface area contributed by atoms with Crippen molar-refractivity contribution >= 4 is 17.6 Å². The van der Waals surface area contributed by atoms with Gasteiger partial charge in [-0.2, -0.15) is 0 Å². The number of carbonyl (C=O) groups is 2. The van der Waals surface area contributed by atoms with Crippen LogP contribution in [0.15, 0.2) is 54.6 Å².